The van der Waals surface area contributed by atoms with E-state index in [2.05, 4.69) is 80.5 Å². The minimum absolute atomic E-state index is 0.0515. The Morgan fingerprint density at radius 3 is 1.94 bits per heavy atom. The van der Waals surface area contributed by atoms with Gasteiger partial charge in [-0.3, -0.25) is 0 Å². The lowest BCUT2D eigenvalue weighted by atomic mass is 9.83. The van der Waals surface area contributed by atoms with Crippen molar-refractivity contribution in [1.82, 2.24) is 0 Å². The lowest BCUT2D eigenvalue weighted by molar-refractivity contribution is 0.0560. The summed E-state index contributed by atoms with van der Waals surface area (Å²) in [6.07, 6.45) is 16.3. The Hall–Kier alpha value is -1.76. The summed E-state index contributed by atoms with van der Waals surface area (Å²) in [7, 11) is 0. The third-order valence-electron chi connectivity index (χ3n) is 7.30. The fraction of sp³-hybridized carbons (Fsp3) is 0.600. The first-order chi connectivity index (χ1) is 14.5. The van der Waals surface area contributed by atoms with Crippen LogP contribution in [0.5, 0.6) is 5.75 Å². The van der Waals surface area contributed by atoms with Crippen molar-refractivity contribution in [3.8, 4) is 5.75 Å². The minimum Gasteiger partial charge on any atom is -0.487 e. The van der Waals surface area contributed by atoms with Gasteiger partial charge in [0.25, 0.3) is 0 Å². The SMILES string of the molecule is CC(C)=CCC/C(C)=C/CC/C(C)=C/CC[C@]1(C)CCc2c(C)c(C)c(C)c(C)c2O1. The zero-order chi connectivity index (χ0) is 23.2. The second-order valence-corrected chi connectivity index (χ2v) is 10.4. The lowest BCUT2D eigenvalue weighted by Gasteiger charge is -2.38. The first kappa shape index (κ1) is 25.5. The van der Waals surface area contributed by atoms with Crippen molar-refractivity contribution in [3.63, 3.8) is 0 Å². The maximum Gasteiger partial charge on any atom is 0.126 e. The van der Waals surface area contributed by atoms with E-state index in [1.54, 1.807) is 0 Å². The zero-order valence-electron chi connectivity index (χ0n) is 21.8. The van der Waals surface area contributed by atoms with E-state index in [0.717, 1.165) is 38.5 Å². The molecule has 0 saturated heterocycles. The molecular formula is C30H46O. The molecule has 0 N–H and O–H groups in total. The van der Waals surface area contributed by atoms with Crippen LogP contribution in [0.25, 0.3) is 0 Å². The van der Waals surface area contributed by atoms with Gasteiger partial charge in [-0.15, -0.1) is 0 Å². The summed E-state index contributed by atoms with van der Waals surface area (Å²) in [5.41, 5.74) is 11.4. The molecule has 1 atom stereocenters. The Kier molecular flexibility index (Phi) is 9.22. The monoisotopic (exact) mass is 422 g/mol. The van der Waals surface area contributed by atoms with Crippen LogP contribution in [0.3, 0.4) is 0 Å². The highest BCUT2D eigenvalue weighted by atomic mass is 16.5. The molecular weight excluding hydrogens is 376 g/mol. The highest BCUT2D eigenvalue weighted by Gasteiger charge is 2.33. The molecule has 1 aliphatic heterocycles. The molecule has 172 valence electrons. The van der Waals surface area contributed by atoms with E-state index in [4.69, 9.17) is 4.74 Å². The standard InChI is InChI=1S/C30H46O/c1-21(2)13-10-14-22(3)15-11-16-23(4)17-12-19-30(9)20-18-28-26(7)24(5)25(6)27(8)29(28)31-30/h13,15,17H,10-12,14,16,18-20H2,1-9H3/b22-15+,23-17+/t30-/m1/s1. The summed E-state index contributed by atoms with van der Waals surface area (Å²) in [5.74, 6) is 1.17. The molecule has 1 heterocycles. The van der Waals surface area contributed by atoms with E-state index in [1.165, 1.54) is 63.1 Å². The molecule has 0 radical (unpaired) electrons. The van der Waals surface area contributed by atoms with Crippen molar-refractivity contribution >= 4 is 0 Å². The second kappa shape index (κ2) is 11.2. The number of fused-ring (bicyclic) bond motifs is 1. The fourth-order valence-corrected chi connectivity index (χ4v) is 4.62. The summed E-state index contributed by atoms with van der Waals surface area (Å²) in [6, 6.07) is 0. The number of ether oxygens (including phenoxy) is 1. The van der Waals surface area contributed by atoms with Crippen molar-refractivity contribution in [3.05, 3.63) is 62.8 Å². The van der Waals surface area contributed by atoms with Gasteiger partial charge in [0, 0.05) is 0 Å². The zero-order valence-corrected chi connectivity index (χ0v) is 21.8. The molecule has 0 aromatic heterocycles. The third-order valence-corrected chi connectivity index (χ3v) is 7.30. The van der Waals surface area contributed by atoms with Crippen molar-refractivity contribution in [2.45, 2.75) is 119 Å². The molecule has 0 spiro atoms. The van der Waals surface area contributed by atoms with E-state index >= 15 is 0 Å². The van der Waals surface area contributed by atoms with Gasteiger partial charge in [0.2, 0.25) is 0 Å². The average molecular weight is 423 g/mol. The maximum absolute atomic E-state index is 6.67. The third kappa shape index (κ3) is 7.13. The van der Waals surface area contributed by atoms with Crippen LogP contribution in [0.2, 0.25) is 0 Å². The molecule has 1 aromatic carbocycles. The Labute approximate surface area is 192 Å². The summed E-state index contributed by atoms with van der Waals surface area (Å²) >= 11 is 0. The lowest BCUT2D eigenvalue weighted by Crippen LogP contribution is -2.37. The van der Waals surface area contributed by atoms with Crippen LogP contribution in [0.1, 0.15) is 107 Å². The molecule has 0 bridgehead atoms. The van der Waals surface area contributed by atoms with Gasteiger partial charge < -0.3 is 4.74 Å². The van der Waals surface area contributed by atoms with Gasteiger partial charge in [0.15, 0.2) is 0 Å². The molecule has 1 heteroatoms. The summed E-state index contributed by atoms with van der Waals surface area (Å²) in [6.45, 7) is 20.2. The quantitative estimate of drug-likeness (QED) is 0.360. The summed E-state index contributed by atoms with van der Waals surface area (Å²) in [4.78, 5) is 0. The molecule has 1 aliphatic rings. The number of hydrogen-bond acceptors (Lipinski definition) is 1. The predicted octanol–water partition coefficient (Wildman–Crippen LogP) is 9.20. The van der Waals surface area contributed by atoms with Crippen molar-refractivity contribution in [1.29, 1.82) is 0 Å². The number of allylic oxidation sites excluding steroid dienone is 6. The highest BCUT2D eigenvalue weighted by Crippen LogP contribution is 2.42. The normalized spacial score (nSPS) is 19.1. The van der Waals surface area contributed by atoms with E-state index in [1.807, 2.05) is 0 Å². The molecule has 0 amide bonds. The molecule has 0 saturated carbocycles. The topological polar surface area (TPSA) is 9.23 Å². The largest absolute Gasteiger partial charge is 0.487 e. The minimum atomic E-state index is -0.0515. The Morgan fingerprint density at radius 2 is 1.32 bits per heavy atom. The van der Waals surface area contributed by atoms with Gasteiger partial charge in [-0.2, -0.15) is 0 Å². The molecule has 0 unspecified atom stereocenters. The van der Waals surface area contributed by atoms with Gasteiger partial charge in [-0.05, 0) is 141 Å². The van der Waals surface area contributed by atoms with Crippen molar-refractivity contribution in [2.75, 3.05) is 0 Å². The van der Waals surface area contributed by atoms with Crippen LogP contribution in [-0.2, 0) is 6.42 Å². The Balaban J connectivity index is 1.88. The number of rotatable bonds is 9. The molecule has 31 heavy (non-hydrogen) atoms. The van der Waals surface area contributed by atoms with E-state index in [-0.39, 0.29) is 5.60 Å². The maximum atomic E-state index is 6.67. The van der Waals surface area contributed by atoms with Crippen LogP contribution in [0, 0.1) is 27.7 Å². The first-order valence-electron chi connectivity index (χ1n) is 12.3. The molecule has 1 aromatic rings. The number of benzene rings is 1. The van der Waals surface area contributed by atoms with Gasteiger partial charge in [0.05, 0.1) is 0 Å². The smallest absolute Gasteiger partial charge is 0.126 e. The number of hydrogen-bond donors (Lipinski definition) is 0. The van der Waals surface area contributed by atoms with Crippen LogP contribution in [0.15, 0.2) is 34.9 Å². The molecule has 0 fully saturated rings. The van der Waals surface area contributed by atoms with Gasteiger partial charge in [0.1, 0.15) is 11.4 Å². The van der Waals surface area contributed by atoms with E-state index < -0.39 is 0 Å². The van der Waals surface area contributed by atoms with Crippen LogP contribution in [0.4, 0.5) is 0 Å². The van der Waals surface area contributed by atoms with Gasteiger partial charge in [-0.25, -0.2) is 0 Å². The van der Waals surface area contributed by atoms with Crippen LogP contribution in [-0.4, -0.2) is 5.60 Å². The first-order valence-corrected chi connectivity index (χ1v) is 12.3. The predicted molar refractivity (Wildman–Crippen MR) is 137 cm³/mol. The highest BCUT2D eigenvalue weighted by molar-refractivity contribution is 5.55. The van der Waals surface area contributed by atoms with E-state index in [0.29, 0.717) is 0 Å². The van der Waals surface area contributed by atoms with Gasteiger partial charge in [-0.1, -0.05) is 34.9 Å². The average Bonchev–Trinajstić information content (AvgIpc) is 2.70. The second-order valence-electron chi connectivity index (χ2n) is 10.4. The molecule has 2 rings (SSSR count). The Bertz CT molecular complexity index is 861. The van der Waals surface area contributed by atoms with Crippen LogP contribution < -0.4 is 4.74 Å². The Morgan fingerprint density at radius 1 is 0.774 bits per heavy atom. The molecule has 0 aliphatic carbocycles. The summed E-state index contributed by atoms with van der Waals surface area (Å²) < 4.78 is 6.67. The van der Waals surface area contributed by atoms with Gasteiger partial charge >= 0.3 is 0 Å². The van der Waals surface area contributed by atoms with Crippen LogP contribution >= 0.6 is 0 Å². The fourth-order valence-electron chi connectivity index (χ4n) is 4.62. The van der Waals surface area contributed by atoms with Crippen molar-refractivity contribution < 1.29 is 4.74 Å². The summed E-state index contributed by atoms with van der Waals surface area (Å²) in [5, 5.41) is 0. The van der Waals surface area contributed by atoms with E-state index in [9.17, 15) is 0 Å². The molecule has 1 nitrogen and oxygen atoms in total. The van der Waals surface area contributed by atoms with Crippen molar-refractivity contribution in [2.24, 2.45) is 0 Å².